The van der Waals surface area contributed by atoms with Gasteiger partial charge in [0.25, 0.3) is 0 Å². The average molecular weight is 301 g/mol. The molecule has 0 radical (unpaired) electrons. The second-order valence-corrected chi connectivity index (χ2v) is 5.61. The lowest BCUT2D eigenvalue weighted by atomic mass is 9.80. The number of rotatable bonds is 8. The summed E-state index contributed by atoms with van der Waals surface area (Å²) in [7, 11) is 3.36. The lowest BCUT2D eigenvalue weighted by Crippen LogP contribution is -2.52. The first-order valence-corrected chi connectivity index (χ1v) is 7.47. The van der Waals surface area contributed by atoms with Crippen LogP contribution in [0.15, 0.2) is 0 Å². The molecule has 0 aliphatic heterocycles. The van der Waals surface area contributed by atoms with Crippen molar-refractivity contribution in [2.45, 2.75) is 40.0 Å². The fraction of sp³-hybridized carbons (Fsp3) is 0.786. The monoisotopic (exact) mass is 301 g/mol. The Hall–Kier alpha value is -1.17. The van der Waals surface area contributed by atoms with Crippen LogP contribution in [0.5, 0.6) is 0 Å². The quantitative estimate of drug-likeness (QED) is 0.688. The predicted molar refractivity (Wildman–Crippen MR) is 85.4 cm³/mol. The Kier molecular flexibility index (Phi) is 7.71. The molecule has 0 heterocycles. The molecule has 0 unspecified atom stereocenters. The van der Waals surface area contributed by atoms with E-state index in [1.807, 2.05) is 20.8 Å². The minimum atomic E-state index is -0.836. The van der Waals surface area contributed by atoms with Crippen LogP contribution in [-0.4, -0.2) is 53.8 Å². The Morgan fingerprint density at radius 3 is 1.95 bits per heavy atom. The van der Waals surface area contributed by atoms with Gasteiger partial charge in [0, 0.05) is 20.6 Å². The highest BCUT2D eigenvalue weighted by atomic mass is 32.1. The smallest absolute Gasteiger partial charge is 0.241 e. The largest absolute Gasteiger partial charge is 0.392 e. The fourth-order valence-electron chi connectivity index (χ4n) is 2.14. The molecule has 0 atom stereocenters. The van der Waals surface area contributed by atoms with E-state index in [9.17, 15) is 9.59 Å². The molecule has 0 saturated carbocycles. The molecule has 6 heteroatoms. The number of carbonyl (C=O) groups is 2. The third kappa shape index (κ3) is 4.16. The summed E-state index contributed by atoms with van der Waals surface area (Å²) in [5.74, 6) is -0.233. The van der Waals surface area contributed by atoms with Crippen molar-refractivity contribution in [2.24, 2.45) is 11.1 Å². The van der Waals surface area contributed by atoms with Gasteiger partial charge >= 0.3 is 0 Å². The maximum absolute atomic E-state index is 12.8. The molecule has 0 aromatic rings. The first-order valence-electron chi connectivity index (χ1n) is 7.06. The first-order chi connectivity index (χ1) is 9.26. The van der Waals surface area contributed by atoms with Crippen LogP contribution in [0, 0.1) is 5.41 Å². The Morgan fingerprint density at radius 1 is 1.15 bits per heavy atom. The lowest BCUT2D eigenvalue weighted by Gasteiger charge is -2.35. The standard InChI is InChI=1S/C14H27N3O2S/c1-6-9-17(10-11(18)16(4)5)13(19)14(7-2,8-3)12(15)20/h6-10H2,1-5H3,(H2,15,20). The Labute approximate surface area is 127 Å². The predicted octanol–water partition coefficient (Wildman–Crippen LogP) is 1.41. The molecule has 0 aromatic heterocycles. The van der Waals surface area contributed by atoms with Gasteiger partial charge in [-0.25, -0.2) is 0 Å². The van der Waals surface area contributed by atoms with Crippen LogP contribution >= 0.6 is 12.2 Å². The minimum absolute atomic E-state index is 0.0734. The summed E-state index contributed by atoms with van der Waals surface area (Å²) < 4.78 is 0. The summed E-state index contributed by atoms with van der Waals surface area (Å²) in [6.07, 6.45) is 1.88. The summed E-state index contributed by atoms with van der Waals surface area (Å²) in [6, 6.07) is 0. The maximum atomic E-state index is 12.8. The third-order valence-electron chi connectivity index (χ3n) is 3.69. The Bertz CT molecular complexity index is 365. The van der Waals surface area contributed by atoms with E-state index in [-0.39, 0.29) is 23.3 Å². The topological polar surface area (TPSA) is 66.6 Å². The fourth-order valence-corrected chi connectivity index (χ4v) is 2.51. The van der Waals surface area contributed by atoms with Gasteiger partial charge in [-0.15, -0.1) is 0 Å². The zero-order valence-electron chi connectivity index (χ0n) is 13.2. The van der Waals surface area contributed by atoms with Gasteiger partial charge in [-0.1, -0.05) is 33.0 Å². The molecule has 0 saturated heterocycles. The molecule has 0 bridgehead atoms. The molecule has 5 nitrogen and oxygen atoms in total. The molecule has 0 fully saturated rings. The normalized spacial score (nSPS) is 11.1. The molecule has 2 amide bonds. The Balaban J connectivity index is 5.31. The van der Waals surface area contributed by atoms with Crippen molar-refractivity contribution in [1.29, 1.82) is 0 Å². The minimum Gasteiger partial charge on any atom is -0.392 e. The van der Waals surface area contributed by atoms with Crippen LogP contribution in [0.4, 0.5) is 0 Å². The summed E-state index contributed by atoms with van der Waals surface area (Å²) in [5.41, 5.74) is 4.97. The average Bonchev–Trinajstić information content (AvgIpc) is 2.39. The SMILES string of the molecule is CCCN(CC(=O)N(C)C)C(=O)C(CC)(CC)C(N)=S. The molecule has 20 heavy (non-hydrogen) atoms. The highest BCUT2D eigenvalue weighted by Gasteiger charge is 2.41. The molecule has 0 spiro atoms. The lowest BCUT2D eigenvalue weighted by molar-refractivity contribution is -0.144. The van der Waals surface area contributed by atoms with Gasteiger partial charge in [0.2, 0.25) is 11.8 Å². The van der Waals surface area contributed by atoms with Gasteiger partial charge in [0.15, 0.2) is 0 Å². The highest BCUT2D eigenvalue weighted by molar-refractivity contribution is 7.80. The highest BCUT2D eigenvalue weighted by Crippen LogP contribution is 2.29. The number of hydrogen-bond acceptors (Lipinski definition) is 3. The number of carbonyl (C=O) groups excluding carboxylic acids is 2. The maximum Gasteiger partial charge on any atom is 0.241 e. The molecule has 0 aromatic carbocycles. The van der Waals surface area contributed by atoms with Gasteiger partial charge < -0.3 is 15.5 Å². The zero-order chi connectivity index (χ0) is 15.9. The van der Waals surface area contributed by atoms with Gasteiger partial charge in [0.1, 0.15) is 0 Å². The van der Waals surface area contributed by atoms with E-state index in [0.717, 1.165) is 6.42 Å². The summed E-state index contributed by atoms with van der Waals surface area (Å²) in [6.45, 7) is 6.38. The second kappa shape index (κ2) is 8.19. The number of nitrogens with two attached hydrogens (primary N) is 1. The number of amides is 2. The summed E-state index contributed by atoms with van der Waals surface area (Å²) in [5, 5.41) is 0. The van der Waals surface area contributed by atoms with E-state index < -0.39 is 5.41 Å². The molecule has 116 valence electrons. The van der Waals surface area contributed by atoms with Crippen LogP contribution in [-0.2, 0) is 9.59 Å². The molecule has 0 aliphatic carbocycles. The van der Waals surface area contributed by atoms with Crippen molar-refractivity contribution >= 4 is 29.0 Å². The number of thiocarbonyl (C=S) groups is 1. The molecular weight excluding hydrogens is 274 g/mol. The second-order valence-electron chi connectivity index (χ2n) is 5.17. The number of likely N-dealkylation sites (N-methyl/N-ethyl adjacent to an activating group) is 1. The Morgan fingerprint density at radius 2 is 1.65 bits per heavy atom. The van der Waals surface area contributed by atoms with Crippen LogP contribution in [0.25, 0.3) is 0 Å². The van der Waals surface area contributed by atoms with E-state index in [1.165, 1.54) is 4.90 Å². The van der Waals surface area contributed by atoms with E-state index in [0.29, 0.717) is 19.4 Å². The molecule has 0 aliphatic rings. The molecule has 0 rings (SSSR count). The van der Waals surface area contributed by atoms with Crippen molar-refractivity contribution in [3.05, 3.63) is 0 Å². The van der Waals surface area contributed by atoms with Crippen LogP contribution in [0.2, 0.25) is 0 Å². The summed E-state index contributed by atoms with van der Waals surface area (Å²) >= 11 is 5.11. The van der Waals surface area contributed by atoms with Crippen molar-refractivity contribution in [1.82, 2.24) is 9.80 Å². The van der Waals surface area contributed by atoms with E-state index in [2.05, 4.69) is 0 Å². The van der Waals surface area contributed by atoms with Crippen molar-refractivity contribution in [2.75, 3.05) is 27.2 Å². The van der Waals surface area contributed by atoms with Crippen molar-refractivity contribution in [3.8, 4) is 0 Å². The number of nitrogens with zero attached hydrogens (tertiary/aromatic N) is 2. The van der Waals surface area contributed by atoms with Crippen molar-refractivity contribution in [3.63, 3.8) is 0 Å². The zero-order valence-corrected chi connectivity index (χ0v) is 14.0. The van der Waals surface area contributed by atoms with Gasteiger partial charge in [-0.3, -0.25) is 9.59 Å². The van der Waals surface area contributed by atoms with Crippen molar-refractivity contribution < 1.29 is 9.59 Å². The number of hydrogen-bond donors (Lipinski definition) is 1. The van der Waals surface area contributed by atoms with Crippen LogP contribution < -0.4 is 5.73 Å². The molecular formula is C14H27N3O2S. The van der Waals surface area contributed by atoms with Crippen LogP contribution in [0.3, 0.4) is 0 Å². The van der Waals surface area contributed by atoms with E-state index >= 15 is 0 Å². The van der Waals surface area contributed by atoms with Crippen LogP contribution in [0.1, 0.15) is 40.0 Å². The molecule has 2 N–H and O–H groups in total. The third-order valence-corrected chi connectivity index (χ3v) is 4.08. The van der Waals surface area contributed by atoms with Gasteiger partial charge in [0.05, 0.1) is 16.9 Å². The van der Waals surface area contributed by atoms with E-state index in [4.69, 9.17) is 18.0 Å². The first kappa shape index (κ1) is 18.8. The van der Waals surface area contributed by atoms with Gasteiger partial charge in [-0.05, 0) is 19.3 Å². The van der Waals surface area contributed by atoms with E-state index in [1.54, 1.807) is 19.0 Å². The van der Waals surface area contributed by atoms with Gasteiger partial charge in [-0.2, -0.15) is 0 Å². The summed E-state index contributed by atoms with van der Waals surface area (Å²) in [4.78, 5) is 28.0.